The van der Waals surface area contributed by atoms with Gasteiger partial charge in [0.15, 0.2) is 0 Å². The van der Waals surface area contributed by atoms with Crippen LogP contribution in [-0.2, 0) is 0 Å². The monoisotopic (exact) mass is 152 g/mol. The molecule has 1 aromatic rings. The predicted octanol–water partition coefficient (Wildman–Crippen LogP) is 0.203. The van der Waals surface area contributed by atoms with Crippen molar-refractivity contribution in [1.29, 1.82) is 0 Å². The van der Waals surface area contributed by atoms with Gasteiger partial charge in [-0.1, -0.05) is 0 Å². The van der Waals surface area contributed by atoms with Crippen LogP contribution in [0.4, 0.5) is 0 Å². The van der Waals surface area contributed by atoms with Gasteiger partial charge in [0.05, 0.1) is 0 Å². The lowest BCUT2D eigenvalue weighted by Gasteiger charge is -2.22. The van der Waals surface area contributed by atoms with Crippen LogP contribution in [0.5, 0.6) is 0 Å². The molecule has 0 unspecified atom stereocenters. The number of hydrogen-bond donors (Lipinski definition) is 1. The molecule has 0 spiro atoms. The van der Waals surface area contributed by atoms with Gasteiger partial charge in [-0.25, -0.2) is 0 Å². The Balaban J connectivity index is 2.04. The average molecular weight is 152 g/mol. The lowest BCUT2D eigenvalue weighted by atomic mass is 10.1. The second kappa shape index (κ2) is 3.00. The van der Waals surface area contributed by atoms with Gasteiger partial charge in [-0.15, -0.1) is 10.2 Å². The quantitative estimate of drug-likeness (QED) is 0.625. The van der Waals surface area contributed by atoms with Crippen LogP contribution in [-0.4, -0.2) is 27.9 Å². The van der Waals surface area contributed by atoms with Crippen molar-refractivity contribution >= 4 is 0 Å². The van der Waals surface area contributed by atoms with E-state index in [2.05, 4.69) is 20.1 Å². The standard InChI is InChI=1S/C7H12N4/c1-2-7(4-8-3-1)11-5-9-10-6-11/h5-8H,1-4H2/t7-/m1/s1. The molecule has 0 radical (unpaired) electrons. The number of rotatable bonds is 1. The van der Waals surface area contributed by atoms with Crippen molar-refractivity contribution in [2.75, 3.05) is 13.1 Å². The number of nitrogens with one attached hydrogen (secondary N) is 1. The normalized spacial score (nSPS) is 25.3. The Labute approximate surface area is 65.6 Å². The third kappa shape index (κ3) is 1.40. The van der Waals surface area contributed by atoms with Crippen LogP contribution in [0.3, 0.4) is 0 Å². The van der Waals surface area contributed by atoms with E-state index in [9.17, 15) is 0 Å². The summed E-state index contributed by atoms with van der Waals surface area (Å²) in [6.07, 6.45) is 6.07. The summed E-state index contributed by atoms with van der Waals surface area (Å²) in [6, 6.07) is 0.568. The second-order valence-electron chi connectivity index (χ2n) is 2.91. The summed E-state index contributed by atoms with van der Waals surface area (Å²) in [7, 11) is 0. The molecule has 1 N–H and O–H groups in total. The lowest BCUT2D eigenvalue weighted by Crippen LogP contribution is -2.31. The van der Waals surface area contributed by atoms with E-state index < -0.39 is 0 Å². The highest BCUT2D eigenvalue weighted by Gasteiger charge is 2.13. The van der Waals surface area contributed by atoms with E-state index in [0.717, 1.165) is 13.1 Å². The van der Waals surface area contributed by atoms with Gasteiger partial charge in [-0.3, -0.25) is 0 Å². The van der Waals surface area contributed by atoms with Crippen LogP contribution in [0.2, 0.25) is 0 Å². The van der Waals surface area contributed by atoms with Gasteiger partial charge in [0.25, 0.3) is 0 Å². The van der Waals surface area contributed by atoms with Gasteiger partial charge in [0, 0.05) is 12.6 Å². The smallest absolute Gasteiger partial charge is 0.119 e. The highest BCUT2D eigenvalue weighted by Crippen LogP contribution is 2.14. The van der Waals surface area contributed by atoms with E-state index in [1.54, 1.807) is 12.7 Å². The van der Waals surface area contributed by atoms with Crippen molar-refractivity contribution in [2.45, 2.75) is 18.9 Å². The van der Waals surface area contributed by atoms with Gasteiger partial charge >= 0.3 is 0 Å². The molecule has 11 heavy (non-hydrogen) atoms. The molecular weight excluding hydrogens is 140 g/mol. The van der Waals surface area contributed by atoms with Crippen molar-refractivity contribution in [3.63, 3.8) is 0 Å². The highest BCUT2D eigenvalue weighted by molar-refractivity contribution is 4.77. The Morgan fingerprint density at radius 1 is 1.36 bits per heavy atom. The van der Waals surface area contributed by atoms with Crippen molar-refractivity contribution in [3.05, 3.63) is 12.7 Å². The molecule has 2 rings (SSSR count). The third-order valence-corrected chi connectivity index (χ3v) is 2.13. The first-order valence-electron chi connectivity index (χ1n) is 4.01. The van der Waals surface area contributed by atoms with Gasteiger partial charge in [0.1, 0.15) is 12.7 Å². The first-order valence-corrected chi connectivity index (χ1v) is 4.01. The summed E-state index contributed by atoms with van der Waals surface area (Å²) in [6.45, 7) is 2.21. The highest BCUT2D eigenvalue weighted by atomic mass is 15.2. The summed E-state index contributed by atoms with van der Waals surface area (Å²) >= 11 is 0. The fourth-order valence-corrected chi connectivity index (χ4v) is 1.49. The fraction of sp³-hybridized carbons (Fsp3) is 0.714. The molecule has 1 aliphatic heterocycles. The Hall–Kier alpha value is -0.900. The van der Waals surface area contributed by atoms with E-state index in [-0.39, 0.29) is 0 Å². The van der Waals surface area contributed by atoms with Crippen LogP contribution in [0.25, 0.3) is 0 Å². The van der Waals surface area contributed by atoms with Crippen molar-refractivity contribution < 1.29 is 0 Å². The molecule has 1 atom stereocenters. The molecule has 0 aromatic carbocycles. The van der Waals surface area contributed by atoms with Crippen molar-refractivity contribution in [2.24, 2.45) is 0 Å². The average Bonchev–Trinajstić information content (AvgIpc) is 2.58. The zero-order valence-electron chi connectivity index (χ0n) is 6.40. The molecule has 1 aliphatic rings. The van der Waals surface area contributed by atoms with E-state index in [1.165, 1.54) is 12.8 Å². The zero-order valence-corrected chi connectivity index (χ0v) is 6.40. The van der Waals surface area contributed by atoms with E-state index in [1.807, 2.05) is 0 Å². The Morgan fingerprint density at radius 2 is 2.18 bits per heavy atom. The van der Waals surface area contributed by atoms with E-state index >= 15 is 0 Å². The van der Waals surface area contributed by atoms with Gasteiger partial charge in [0.2, 0.25) is 0 Å². The van der Waals surface area contributed by atoms with Gasteiger partial charge < -0.3 is 9.88 Å². The largest absolute Gasteiger partial charge is 0.316 e. The molecule has 4 nitrogen and oxygen atoms in total. The Morgan fingerprint density at radius 3 is 2.82 bits per heavy atom. The number of piperidine rings is 1. The Kier molecular flexibility index (Phi) is 1.85. The lowest BCUT2D eigenvalue weighted by molar-refractivity contribution is 0.370. The van der Waals surface area contributed by atoms with Crippen LogP contribution < -0.4 is 5.32 Å². The molecule has 0 amide bonds. The summed E-state index contributed by atoms with van der Waals surface area (Å²) in [5.74, 6) is 0. The minimum Gasteiger partial charge on any atom is -0.316 e. The maximum absolute atomic E-state index is 3.78. The van der Waals surface area contributed by atoms with Crippen molar-refractivity contribution in [3.8, 4) is 0 Å². The molecule has 2 heterocycles. The summed E-state index contributed by atoms with van der Waals surface area (Å²) in [5, 5.41) is 10.9. The maximum Gasteiger partial charge on any atom is 0.119 e. The summed E-state index contributed by atoms with van der Waals surface area (Å²) in [4.78, 5) is 0. The molecule has 1 aromatic heterocycles. The first kappa shape index (κ1) is 6.79. The molecule has 0 saturated carbocycles. The number of aromatic nitrogens is 3. The molecular formula is C7H12N4. The molecule has 0 bridgehead atoms. The molecule has 1 fully saturated rings. The first-order chi connectivity index (χ1) is 5.47. The molecule has 1 saturated heterocycles. The van der Waals surface area contributed by atoms with Crippen LogP contribution in [0.15, 0.2) is 12.7 Å². The molecule has 60 valence electrons. The van der Waals surface area contributed by atoms with Crippen LogP contribution >= 0.6 is 0 Å². The van der Waals surface area contributed by atoms with Crippen LogP contribution in [0.1, 0.15) is 18.9 Å². The summed E-state index contributed by atoms with van der Waals surface area (Å²) < 4.78 is 2.08. The van der Waals surface area contributed by atoms with Gasteiger partial charge in [-0.05, 0) is 19.4 Å². The minimum absolute atomic E-state index is 0.568. The Bertz CT molecular complexity index is 200. The maximum atomic E-state index is 3.78. The molecule has 4 heteroatoms. The van der Waals surface area contributed by atoms with Gasteiger partial charge in [-0.2, -0.15) is 0 Å². The van der Waals surface area contributed by atoms with Crippen LogP contribution in [0, 0.1) is 0 Å². The fourth-order valence-electron chi connectivity index (χ4n) is 1.49. The zero-order chi connectivity index (χ0) is 7.52. The van der Waals surface area contributed by atoms with Crippen molar-refractivity contribution in [1.82, 2.24) is 20.1 Å². The van der Waals surface area contributed by atoms with E-state index in [0.29, 0.717) is 6.04 Å². The number of hydrogen-bond acceptors (Lipinski definition) is 3. The SMILES string of the molecule is c1nncn1[C@@H]1CCCNC1. The number of nitrogens with zero attached hydrogens (tertiary/aromatic N) is 3. The topological polar surface area (TPSA) is 42.7 Å². The van der Waals surface area contributed by atoms with E-state index in [4.69, 9.17) is 0 Å². The second-order valence-corrected chi connectivity index (χ2v) is 2.91. The summed E-state index contributed by atoms with van der Waals surface area (Å²) in [5.41, 5.74) is 0. The predicted molar refractivity (Wildman–Crippen MR) is 41.2 cm³/mol. The third-order valence-electron chi connectivity index (χ3n) is 2.13. The minimum atomic E-state index is 0.568. The molecule has 0 aliphatic carbocycles.